The number of benzene rings is 1. The molecule has 2 heterocycles. The average molecular weight is 385 g/mol. The van der Waals surface area contributed by atoms with E-state index in [0.717, 1.165) is 29.2 Å². The van der Waals surface area contributed by atoms with E-state index < -0.39 is 0 Å². The molecule has 2 N–H and O–H groups in total. The van der Waals surface area contributed by atoms with E-state index in [9.17, 15) is 9.59 Å². The summed E-state index contributed by atoms with van der Waals surface area (Å²) in [5, 5.41) is 8.84. The molecule has 142 valence electrons. The molecule has 7 heteroatoms. The standard InChI is InChI=1S/C20H24N4O2S/c25-18(21-14-6-2-1-3-7-14)10-20-22-15(13-27-20)11-24-12-19(26)23-16-8-4-5-9-17(16)24/h1-3,6-7,13,16-17H,4-5,8-12H2,(H,21,25)(H,23,26). The van der Waals surface area contributed by atoms with Gasteiger partial charge in [-0.1, -0.05) is 31.0 Å². The van der Waals surface area contributed by atoms with Crippen LogP contribution in [-0.4, -0.2) is 40.3 Å². The smallest absolute Gasteiger partial charge is 0.234 e. The lowest BCUT2D eigenvalue weighted by molar-refractivity contribution is -0.128. The topological polar surface area (TPSA) is 74.3 Å². The maximum Gasteiger partial charge on any atom is 0.234 e. The van der Waals surface area contributed by atoms with Gasteiger partial charge in [0.25, 0.3) is 0 Å². The third-order valence-electron chi connectivity index (χ3n) is 5.23. The third kappa shape index (κ3) is 4.54. The van der Waals surface area contributed by atoms with Gasteiger partial charge in [0.1, 0.15) is 5.01 Å². The van der Waals surface area contributed by atoms with E-state index in [1.807, 2.05) is 35.7 Å². The number of nitrogens with zero attached hydrogens (tertiary/aromatic N) is 2. The zero-order chi connectivity index (χ0) is 18.6. The van der Waals surface area contributed by atoms with Gasteiger partial charge in [0.05, 0.1) is 18.7 Å². The Morgan fingerprint density at radius 3 is 2.93 bits per heavy atom. The van der Waals surface area contributed by atoms with Crippen LogP contribution in [0.1, 0.15) is 36.4 Å². The van der Waals surface area contributed by atoms with Crippen LogP contribution in [0.2, 0.25) is 0 Å². The first kappa shape index (κ1) is 18.1. The Morgan fingerprint density at radius 2 is 2.07 bits per heavy atom. The summed E-state index contributed by atoms with van der Waals surface area (Å²) in [6.45, 7) is 1.11. The Hall–Kier alpha value is -2.25. The number of hydrogen-bond acceptors (Lipinski definition) is 5. The number of aromatic nitrogens is 1. The fourth-order valence-corrected chi connectivity index (χ4v) is 4.80. The maximum absolute atomic E-state index is 12.2. The van der Waals surface area contributed by atoms with Crippen molar-refractivity contribution >= 4 is 28.8 Å². The van der Waals surface area contributed by atoms with Gasteiger partial charge in [0.15, 0.2) is 0 Å². The summed E-state index contributed by atoms with van der Waals surface area (Å²) >= 11 is 1.51. The Kier molecular flexibility index (Phi) is 5.50. The summed E-state index contributed by atoms with van der Waals surface area (Å²) in [6, 6.07) is 10.1. The molecule has 2 atom stereocenters. The molecule has 1 aromatic carbocycles. The van der Waals surface area contributed by atoms with E-state index in [4.69, 9.17) is 0 Å². The fourth-order valence-electron chi connectivity index (χ4n) is 4.02. The number of rotatable bonds is 5. The van der Waals surface area contributed by atoms with Crippen molar-refractivity contribution in [2.45, 2.75) is 50.7 Å². The summed E-state index contributed by atoms with van der Waals surface area (Å²) in [5.74, 6) is 0.0441. The average Bonchev–Trinajstić information content (AvgIpc) is 3.09. The predicted octanol–water partition coefficient (Wildman–Crippen LogP) is 2.57. The number of thiazole rings is 1. The van der Waals surface area contributed by atoms with E-state index in [1.54, 1.807) is 0 Å². The molecule has 6 nitrogen and oxygen atoms in total. The number of carbonyl (C=O) groups is 2. The second kappa shape index (κ2) is 8.19. The van der Waals surface area contributed by atoms with Gasteiger partial charge in [-0.2, -0.15) is 0 Å². The summed E-state index contributed by atoms with van der Waals surface area (Å²) in [7, 11) is 0. The second-order valence-corrected chi connectivity index (χ2v) is 8.20. The van der Waals surface area contributed by atoms with E-state index >= 15 is 0 Å². The quantitative estimate of drug-likeness (QED) is 0.831. The lowest BCUT2D eigenvalue weighted by Gasteiger charge is -2.43. The monoisotopic (exact) mass is 384 g/mol. The van der Waals surface area contributed by atoms with Crippen molar-refractivity contribution in [3.05, 3.63) is 46.4 Å². The number of para-hydroxylation sites is 1. The van der Waals surface area contributed by atoms with Crippen LogP contribution >= 0.6 is 11.3 Å². The highest BCUT2D eigenvalue weighted by molar-refractivity contribution is 7.09. The van der Waals surface area contributed by atoms with Crippen molar-refractivity contribution in [2.75, 3.05) is 11.9 Å². The van der Waals surface area contributed by atoms with E-state index in [-0.39, 0.29) is 24.3 Å². The zero-order valence-corrected chi connectivity index (χ0v) is 16.0. The minimum atomic E-state index is -0.0632. The lowest BCUT2D eigenvalue weighted by Crippen LogP contribution is -2.61. The molecular weight excluding hydrogens is 360 g/mol. The molecule has 1 saturated heterocycles. The summed E-state index contributed by atoms with van der Waals surface area (Å²) in [6.07, 6.45) is 4.87. The second-order valence-electron chi connectivity index (χ2n) is 7.25. The number of fused-ring (bicyclic) bond motifs is 1. The van der Waals surface area contributed by atoms with Crippen LogP contribution in [0.15, 0.2) is 35.7 Å². The number of nitrogens with one attached hydrogen (secondary N) is 2. The van der Waals surface area contributed by atoms with E-state index in [1.165, 1.54) is 24.2 Å². The molecule has 27 heavy (non-hydrogen) atoms. The highest BCUT2D eigenvalue weighted by Gasteiger charge is 2.36. The molecule has 0 spiro atoms. The molecule has 0 bridgehead atoms. The van der Waals surface area contributed by atoms with E-state index in [2.05, 4.69) is 20.5 Å². The predicted molar refractivity (Wildman–Crippen MR) is 105 cm³/mol. The molecule has 2 aliphatic rings. The summed E-state index contributed by atoms with van der Waals surface area (Å²) in [5.41, 5.74) is 1.74. The van der Waals surface area contributed by atoms with Crippen LogP contribution in [0.4, 0.5) is 5.69 Å². The van der Waals surface area contributed by atoms with Gasteiger partial charge < -0.3 is 10.6 Å². The van der Waals surface area contributed by atoms with Gasteiger partial charge >= 0.3 is 0 Å². The van der Waals surface area contributed by atoms with Gasteiger partial charge in [0.2, 0.25) is 11.8 Å². The molecule has 2 unspecified atom stereocenters. The highest BCUT2D eigenvalue weighted by Crippen LogP contribution is 2.27. The molecule has 4 rings (SSSR count). The Balaban J connectivity index is 1.36. The molecule has 0 radical (unpaired) electrons. The first-order chi connectivity index (χ1) is 13.2. The number of hydrogen-bond donors (Lipinski definition) is 2. The maximum atomic E-state index is 12.2. The molecular formula is C20H24N4O2S. The Labute approximate surface area is 163 Å². The summed E-state index contributed by atoms with van der Waals surface area (Å²) in [4.78, 5) is 31.1. The van der Waals surface area contributed by atoms with Gasteiger partial charge in [-0.05, 0) is 25.0 Å². The number of anilines is 1. The van der Waals surface area contributed by atoms with Gasteiger partial charge in [-0.15, -0.1) is 11.3 Å². The zero-order valence-electron chi connectivity index (χ0n) is 15.2. The number of amides is 2. The SMILES string of the molecule is O=C(Cc1nc(CN2CC(=O)NC3CCCCC32)cs1)Nc1ccccc1. The van der Waals surface area contributed by atoms with Crippen molar-refractivity contribution in [3.8, 4) is 0 Å². The van der Waals surface area contributed by atoms with Crippen LogP contribution in [0.3, 0.4) is 0 Å². The van der Waals surface area contributed by atoms with E-state index in [0.29, 0.717) is 19.1 Å². The molecule has 2 fully saturated rings. The van der Waals surface area contributed by atoms with Crippen molar-refractivity contribution in [3.63, 3.8) is 0 Å². The van der Waals surface area contributed by atoms with Crippen molar-refractivity contribution in [2.24, 2.45) is 0 Å². The van der Waals surface area contributed by atoms with Crippen LogP contribution in [0, 0.1) is 0 Å². The van der Waals surface area contributed by atoms with Gasteiger partial charge in [0, 0.05) is 29.7 Å². The molecule has 1 aliphatic heterocycles. The largest absolute Gasteiger partial charge is 0.351 e. The van der Waals surface area contributed by atoms with Crippen LogP contribution in [0.25, 0.3) is 0 Å². The normalized spacial score (nSPS) is 22.7. The van der Waals surface area contributed by atoms with Crippen molar-refractivity contribution in [1.29, 1.82) is 0 Å². The summed E-state index contributed by atoms with van der Waals surface area (Å²) < 4.78 is 0. The van der Waals surface area contributed by atoms with Crippen LogP contribution < -0.4 is 10.6 Å². The Bertz CT molecular complexity index is 807. The Morgan fingerprint density at radius 1 is 1.26 bits per heavy atom. The lowest BCUT2D eigenvalue weighted by atomic mass is 9.87. The number of carbonyl (C=O) groups excluding carboxylic acids is 2. The van der Waals surface area contributed by atoms with Crippen LogP contribution in [-0.2, 0) is 22.6 Å². The molecule has 1 aliphatic carbocycles. The number of piperazine rings is 1. The first-order valence-corrected chi connectivity index (χ1v) is 10.4. The third-order valence-corrected chi connectivity index (χ3v) is 6.12. The van der Waals surface area contributed by atoms with Gasteiger partial charge in [-0.3, -0.25) is 14.5 Å². The van der Waals surface area contributed by atoms with Gasteiger partial charge in [-0.25, -0.2) is 4.98 Å². The van der Waals surface area contributed by atoms with Crippen LogP contribution in [0.5, 0.6) is 0 Å². The fraction of sp³-hybridized carbons (Fsp3) is 0.450. The molecule has 1 aromatic heterocycles. The van der Waals surface area contributed by atoms with Crippen molar-refractivity contribution in [1.82, 2.24) is 15.2 Å². The minimum absolute atomic E-state index is 0.0632. The minimum Gasteiger partial charge on any atom is -0.351 e. The molecule has 2 aromatic rings. The highest BCUT2D eigenvalue weighted by atomic mass is 32.1. The first-order valence-electron chi connectivity index (χ1n) is 9.49. The molecule has 1 saturated carbocycles. The van der Waals surface area contributed by atoms with Crippen molar-refractivity contribution < 1.29 is 9.59 Å². The molecule has 2 amide bonds.